The maximum atomic E-state index is 2.58. The van der Waals surface area contributed by atoms with E-state index in [-0.39, 0.29) is 0 Å². The molecular weight excluding hydrogens is 408 g/mol. The van der Waals surface area contributed by atoms with Crippen LogP contribution in [0, 0.1) is 17.8 Å². The molecule has 1 atom stereocenters. The van der Waals surface area contributed by atoms with Crippen molar-refractivity contribution >= 4 is 5.57 Å². The van der Waals surface area contributed by atoms with Gasteiger partial charge < -0.3 is 0 Å². The Morgan fingerprint density at radius 2 is 1.24 bits per heavy atom. The van der Waals surface area contributed by atoms with E-state index in [9.17, 15) is 0 Å². The first-order chi connectivity index (χ1) is 16.8. The van der Waals surface area contributed by atoms with Crippen LogP contribution in [0.3, 0.4) is 0 Å². The van der Waals surface area contributed by atoms with E-state index < -0.39 is 0 Å². The molecule has 2 aliphatic rings. The largest absolute Gasteiger partial charge is 0.0804 e. The van der Waals surface area contributed by atoms with E-state index in [0.29, 0.717) is 0 Å². The normalized spacial score (nSPS) is 23.0. The molecule has 0 saturated heterocycles. The topological polar surface area (TPSA) is 0 Å². The molecule has 0 bridgehead atoms. The lowest BCUT2D eigenvalue weighted by atomic mass is 9.70. The minimum Gasteiger partial charge on any atom is -0.0804 e. The van der Waals surface area contributed by atoms with Crippen LogP contribution in [0.4, 0.5) is 0 Å². The van der Waals surface area contributed by atoms with Gasteiger partial charge in [0, 0.05) is 0 Å². The molecule has 0 N–H and O–H groups in total. The third kappa shape index (κ3) is 7.10. The van der Waals surface area contributed by atoms with Crippen molar-refractivity contribution in [3.05, 3.63) is 65.7 Å². The van der Waals surface area contributed by atoms with E-state index in [0.717, 1.165) is 17.8 Å². The van der Waals surface area contributed by atoms with Crippen molar-refractivity contribution in [3.8, 4) is 11.1 Å². The number of benzene rings is 2. The molecule has 2 aromatic rings. The van der Waals surface area contributed by atoms with E-state index in [1.54, 1.807) is 5.57 Å². The minimum absolute atomic E-state index is 0.940. The fourth-order valence-electron chi connectivity index (χ4n) is 6.50. The number of hydrogen-bond donors (Lipinski definition) is 0. The number of unbranched alkanes of at least 4 members (excludes halogenated alkanes) is 4. The van der Waals surface area contributed by atoms with E-state index in [1.807, 2.05) is 0 Å². The summed E-state index contributed by atoms with van der Waals surface area (Å²) in [6.07, 6.45) is 23.5. The van der Waals surface area contributed by atoms with Crippen molar-refractivity contribution in [1.29, 1.82) is 0 Å². The number of rotatable bonds is 11. The van der Waals surface area contributed by atoms with Crippen molar-refractivity contribution in [2.75, 3.05) is 0 Å². The molecule has 1 fully saturated rings. The summed E-state index contributed by atoms with van der Waals surface area (Å²) < 4.78 is 0. The van der Waals surface area contributed by atoms with Gasteiger partial charge in [0.1, 0.15) is 0 Å². The average Bonchev–Trinajstić information content (AvgIpc) is 2.90. The quantitative estimate of drug-likeness (QED) is 0.295. The third-order valence-electron chi connectivity index (χ3n) is 8.84. The molecule has 2 aromatic carbocycles. The van der Waals surface area contributed by atoms with Gasteiger partial charge in [-0.05, 0) is 90.5 Å². The van der Waals surface area contributed by atoms with Crippen molar-refractivity contribution in [1.82, 2.24) is 0 Å². The molecule has 34 heavy (non-hydrogen) atoms. The van der Waals surface area contributed by atoms with E-state index in [2.05, 4.69) is 68.5 Å². The van der Waals surface area contributed by atoms with Crippen LogP contribution in [0.2, 0.25) is 0 Å². The molecular formula is C34H48. The predicted molar refractivity (Wildman–Crippen MR) is 150 cm³/mol. The van der Waals surface area contributed by atoms with Crippen LogP contribution in [-0.2, 0) is 6.42 Å². The molecule has 4 rings (SSSR count). The lowest BCUT2D eigenvalue weighted by molar-refractivity contribution is 0.187. The van der Waals surface area contributed by atoms with Crippen LogP contribution in [-0.4, -0.2) is 0 Å². The molecule has 0 amide bonds. The second-order valence-electron chi connectivity index (χ2n) is 11.3. The lowest BCUT2D eigenvalue weighted by Gasteiger charge is -2.35. The van der Waals surface area contributed by atoms with Crippen LogP contribution in [0.5, 0.6) is 0 Å². The SMILES string of the molecule is CCCCCc1ccc(-c2ccc(C3=CCC(C4CCC(CCCCC)CC4)CC3)cc2)cc1. The first-order valence-electron chi connectivity index (χ1n) is 14.7. The van der Waals surface area contributed by atoms with Gasteiger partial charge in [-0.25, -0.2) is 0 Å². The monoisotopic (exact) mass is 456 g/mol. The second-order valence-corrected chi connectivity index (χ2v) is 11.3. The predicted octanol–water partition coefficient (Wildman–Crippen LogP) is 10.7. The summed E-state index contributed by atoms with van der Waals surface area (Å²) in [5.41, 5.74) is 7.18. The molecule has 0 heterocycles. The maximum absolute atomic E-state index is 2.58. The fraction of sp³-hybridized carbons (Fsp3) is 0.588. The van der Waals surface area contributed by atoms with E-state index in [4.69, 9.17) is 0 Å². The highest BCUT2D eigenvalue weighted by atomic mass is 14.3. The van der Waals surface area contributed by atoms with Crippen LogP contribution < -0.4 is 0 Å². The molecule has 2 aliphatic carbocycles. The Bertz CT molecular complexity index is 861. The number of allylic oxidation sites excluding steroid dienone is 2. The summed E-state index contributed by atoms with van der Waals surface area (Å²) in [5.74, 6) is 2.97. The standard InChI is InChI=1S/C34H48/c1-3-5-7-9-27-11-15-29(16-12-27)31-19-23-33(24-20-31)34-25-21-32(22-26-34)30-17-13-28(14-18-30)10-8-6-4-2/h11-12,15-16,19-20,23-25,28,30,32H,3-10,13-14,17-18,21-22,26H2,1-2H3. The Morgan fingerprint density at radius 1 is 0.618 bits per heavy atom. The summed E-state index contributed by atoms with van der Waals surface area (Å²) in [4.78, 5) is 0. The van der Waals surface area contributed by atoms with Gasteiger partial charge in [0.15, 0.2) is 0 Å². The van der Waals surface area contributed by atoms with E-state index >= 15 is 0 Å². The third-order valence-corrected chi connectivity index (χ3v) is 8.84. The van der Waals surface area contributed by atoms with Crippen molar-refractivity contribution in [2.24, 2.45) is 17.8 Å². The zero-order chi connectivity index (χ0) is 23.6. The van der Waals surface area contributed by atoms with Crippen molar-refractivity contribution in [2.45, 2.75) is 110 Å². The molecule has 1 saturated carbocycles. The highest BCUT2D eigenvalue weighted by Gasteiger charge is 2.28. The Kier molecular flexibility index (Phi) is 9.90. The first kappa shape index (κ1) is 25.3. The van der Waals surface area contributed by atoms with Crippen molar-refractivity contribution < 1.29 is 0 Å². The molecule has 0 heteroatoms. The van der Waals surface area contributed by atoms with Crippen LogP contribution in [0.25, 0.3) is 16.7 Å². The molecule has 0 nitrogen and oxygen atoms in total. The highest BCUT2D eigenvalue weighted by molar-refractivity contribution is 5.71. The van der Waals surface area contributed by atoms with Crippen LogP contribution >= 0.6 is 0 Å². The van der Waals surface area contributed by atoms with Gasteiger partial charge in [-0.1, -0.05) is 120 Å². The first-order valence-corrected chi connectivity index (χ1v) is 14.7. The number of aryl methyl sites for hydroxylation is 1. The van der Waals surface area contributed by atoms with Crippen LogP contribution in [0.1, 0.15) is 115 Å². The minimum atomic E-state index is 0.940. The Hall–Kier alpha value is -1.82. The lowest BCUT2D eigenvalue weighted by Crippen LogP contribution is -2.23. The van der Waals surface area contributed by atoms with Gasteiger partial charge >= 0.3 is 0 Å². The molecule has 0 spiro atoms. The summed E-state index contributed by atoms with van der Waals surface area (Å²) >= 11 is 0. The van der Waals surface area contributed by atoms with Crippen LogP contribution in [0.15, 0.2) is 54.6 Å². The van der Waals surface area contributed by atoms with Gasteiger partial charge in [0.05, 0.1) is 0 Å². The summed E-state index contributed by atoms with van der Waals surface area (Å²) in [5, 5.41) is 0. The molecule has 0 aromatic heterocycles. The van der Waals surface area contributed by atoms with Gasteiger partial charge in [-0.3, -0.25) is 0 Å². The number of hydrogen-bond acceptors (Lipinski definition) is 0. The van der Waals surface area contributed by atoms with Gasteiger partial charge in [0.25, 0.3) is 0 Å². The Labute approximate surface area is 210 Å². The van der Waals surface area contributed by atoms with Gasteiger partial charge in [-0.2, -0.15) is 0 Å². The molecule has 184 valence electrons. The van der Waals surface area contributed by atoms with E-state index in [1.165, 1.54) is 119 Å². The Balaban J connectivity index is 1.26. The smallest absolute Gasteiger partial charge is 0.0184 e. The van der Waals surface area contributed by atoms with Gasteiger partial charge in [-0.15, -0.1) is 0 Å². The summed E-state index contributed by atoms with van der Waals surface area (Å²) in [7, 11) is 0. The molecule has 0 radical (unpaired) electrons. The highest BCUT2D eigenvalue weighted by Crippen LogP contribution is 2.42. The summed E-state index contributed by atoms with van der Waals surface area (Å²) in [6, 6.07) is 18.6. The van der Waals surface area contributed by atoms with Crippen molar-refractivity contribution in [3.63, 3.8) is 0 Å². The second kappa shape index (κ2) is 13.3. The maximum Gasteiger partial charge on any atom is -0.0184 e. The summed E-state index contributed by atoms with van der Waals surface area (Å²) in [6.45, 7) is 4.60. The Morgan fingerprint density at radius 3 is 1.85 bits per heavy atom. The molecule has 1 unspecified atom stereocenters. The van der Waals surface area contributed by atoms with Gasteiger partial charge in [0.2, 0.25) is 0 Å². The zero-order valence-electron chi connectivity index (χ0n) is 22.0. The average molecular weight is 457 g/mol. The zero-order valence-corrected chi connectivity index (χ0v) is 22.0. The fourth-order valence-corrected chi connectivity index (χ4v) is 6.50. The molecule has 0 aliphatic heterocycles.